The number of hydrogen-bond acceptors (Lipinski definition) is 3. The molecule has 0 heterocycles. The van der Waals surface area contributed by atoms with Crippen LogP contribution < -0.4 is 5.32 Å². The third-order valence-electron chi connectivity index (χ3n) is 3.16. The van der Waals surface area contributed by atoms with Gasteiger partial charge >= 0.3 is 0 Å². The molecule has 1 amide bonds. The normalized spacial score (nSPS) is 12.3. The standard InChI is InChI=1S/C15H29NO3/c1-7-8-13(18)14(3,4)11-19-15(5,6)9-10-16-12(2)17/h7-11H2,1-6H3,(H,16,17). The maximum atomic E-state index is 11.9. The lowest BCUT2D eigenvalue weighted by Crippen LogP contribution is -2.37. The highest BCUT2D eigenvalue weighted by Crippen LogP contribution is 2.24. The summed E-state index contributed by atoms with van der Waals surface area (Å²) in [5.74, 6) is 0.210. The quantitative estimate of drug-likeness (QED) is 0.701. The zero-order valence-corrected chi connectivity index (χ0v) is 13.3. The summed E-state index contributed by atoms with van der Waals surface area (Å²) in [6.07, 6.45) is 2.20. The molecule has 0 fully saturated rings. The van der Waals surface area contributed by atoms with Gasteiger partial charge in [0.2, 0.25) is 5.91 Å². The van der Waals surface area contributed by atoms with Gasteiger partial charge in [0.05, 0.1) is 12.2 Å². The van der Waals surface area contributed by atoms with Crippen molar-refractivity contribution >= 4 is 11.7 Å². The second kappa shape index (κ2) is 7.63. The Morgan fingerprint density at radius 1 is 1.16 bits per heavy atom. The number of Topliss-reactive ketones (excluding diaryl/α,β-unsaturated/α-hetero) is 1. The highest BCUT2D eigenvalue weighted by Gasteiger charge is 2.30. The van der Waals surface area contributed by atoms with Crippen molar-refractivity contribution in [2.45, 2.75) is 66.4 Å². The van der Waals surface area contributed by atoms with E-state index in [0.29, 0.717) is 19.6 Å². The lowest BCUT2D eigenvalue weighted by Gasteiger charge is -2.31. The fourth-order valence-electron chi connectivity index (χ4n) is 1.63. The van der Waals surface area contributed by atoms with Crippen LogP contribution in [0.1, 0.15) is 60.8 Å². The molecule has 4 heteroatoms. The van der Waals surface area contributed by atoms with E-state index in [-0.39, 0.29) is 17.3 Å². The molecule has 0 aromatic heterocycles. The number of hydrogen-bond donors (Lipinski definition) is 1. The summed E-state index contributed by atoms with van der Waals surface area (Å²) < 4.78 is 5.87. The summed E-state index contributed by atoms with van der Waals surface area (Å²) in [6.45, 7) is 12.3. The van der Waals surface area contributed by atoms with Crippen LogP contribution in [0.2, 0.25) is 0 Å². The van der Waals surface area contributed by atoms with Crippen LogP contribution in [0.25, 0.3) is 0 Å². The minimum atomic E-state index is -0.443. The van der Waals surface area contributed by atoms with Crippen molar-refractivity contribution in [2.75, 3.05) is 13.2 Å². The molecular formula is C15H29NO3. The predicted molar refractivity (Wildman–Crippen MR) is 77.0 cm³/mol. The number of amides is 1. The molecule has 0 radical (unpaired) electrons. The zero-order chi connectivity index (χ0) is 15.1. The van der Waals surface area contributed by atoms with Gasteiger partial charge in [0, 0.05) is 25.3 Å². The summed E-state index contributed by atoms with van der Waals surface area (Å²) in [7, 11) is 0. The number of carbonyl (C=O) groups excluding carboxylic acids is 2. The fourth-order valence-corrected chi connectivity index (χ4v) is 1.63. The summed E-state index contributed by atoms with van der Waals surface area (Å²) in [5, 5.41) is 2.76. The minimum Gasteiger partial charge on any atom is -0.374 e. The number of nitrogens with one attached hydrogen (secondary N) is 1. The molecule has 0 rings (SSSR count). The Bertz CT molecular complexity index is 309. The van der Waals surface area contributed by atoms with Crippen LogP contribution in [0.3, 0.4) is 0 Å². The van der Waals surface area contributed by atoms with Gasteiger partial charge in [-0.3, -0.25) is 9.59 Å². The van der Waals surface area contributed by atoms with Crippen molar-refractivity contribution in [3.8, 4) is 0 Å². The molecule has 0 spiro atoms. The first-order chi connectivity index (χ1) is 8.60. The molecule has 0 aliphatic carbocycles. The maximum Gasteiger partial charge on any atom is 0.216 e. The highest BCUT2D eigenvalue weighted by molar-refractivity contribution is 5.84. The first-order valence-corrected chi connectivity index (χ1v) is 7.02. The molecule has 0 aromatic carbocycles. The SMILES string of the molecule is CCCC(=O)C(C)(C)COC(C)(C)CCNC(C)=O. The van der Waals surface area contributed by atoms with E-state index >= 15 is 0 Å². The van der Waals surface area contributed by atoms with Crippen LogP contribution in [-0.2, 0) is 14.3 Å². The maximum absolute atomic E-state index is 11.9. The van der Waals surface area contributed by atoms with E-state index in [1.807, 2.05) is 34.6 Å². The fraction of sp³-hybridized carbons (Fsp3) is 0.867. The number of ketones is 1. The first-order valence-electron chi connectivity index (χ1n) is 7.02. The predicted octanol–water partition coefficient (Wildman–Crippen LogP) is 2.70. The second-order valence-corrected chi connectivity index (χ2v) is 6.34. The molecule has 0 aliphatic rings. The van der Waals surface area contributed by atoms with Gasteiger partial charge in [-0.15, -0.1) is 0 Å². The van der Waals surface area contributed by atoms with Gasteiger partial charge in [-0.1, -0.05) is 20.8 Å². The number of ether oxygens (including phenoxy) is 1. The molecule has 1 N–H and O–H groups in total. The Hall–Kier alpha value is -0.900. The average Bonchev–Trinajstić information content (AvgIpc) is 2.26. The van der Waals surface area contributed by atoms with Crippen LogP contribution in [0.4, 0.5) is 0 Å². The van der Waals surface area contributed by atoms with Crippen molar-refractivity contribution in [3.05, 3.63) is 0 Å². The summed E-state index contributed by atoms with van der Waals surface area (Å²) in [6, 6.07) is 0. The van der Waals surface area contributed by atoms with Crippen LogP contribution in [0.5, 0.6) is 0 Å². The molecule has 0 unspecified atom stereocenters. The lowest BCUT2D eigenvalue weighted by molar-refractivity contribution is -0.134. The van der Waals surface area contributed by atoms with Crippen molar-refractivity contribution in [1.29, 1.82) is 0 Å². The third kappa shape index (κ3) is 7.98. The van der Waals surface area contributed by atoms with Crippen LogP contribution in [0.15, 0.2) is 0 Å². The molecule has 0 aliphatic heterocycles. The second-order valence-electron chi connectivity index (χ2n) is 6.34. The van der Waals surface area contributed by atoms with Crippen molar-refractivity contribution < 1.29 is 14.3 Å². The van der Waals surface area contributed by atoms with E-state index in [4.69, 9.17) is 4.74 Å². The molecule has 0 bridgehead atoms. The number of carbonyl (C=O) groups is 2. The zero-order valence-electron chi connectivity index (χ0n) is 13.3. The highest BCUT2D eigenvalue weighted by atomic mass is 16.5. The first kappa shape index (κ1) is 18.1. The van der Waals surface area contributed by atoms with Gasteiger partial charge in [-0.25, -0.2) is 0 Å². The Morgan fingerprint density at radius 2 is 1.74 bits per heavy atom. The summed E-state index contributed by atoms with van der Waals surface area (Å²) in [4.78, 5) is 22.8. The number of rotatable bonds is 9. The van der Waals surface area contributed by atoms with E-state index in [1.54, 1.807) is 0 Å². The van der Waals surface area contributed by atoms with E-state index in [1.165, 1.54) is 6.92 Å². The molecular weight excluding hydrogens is 242 g/mol. The van der Waals surface area contributed by atoms with E-state index in [0.717, 1.165) is 12.8 Å². The van der Waals surface area contributed by atoms with Gasteiger partial charge in [-0.05, 0) is 26.7 Å². The smallest absolute Gasteiger partial charge is 0.216 e. The van der Waals surface area contributed by atoms with Crippen molar-refractivity contribution in [3.63, 3.8) is 0 Å². The lowest BCUT2D eigenvalue weighted by atomic mass is 9.86. The van der Waals surface area contributed by atoms with Crippen LogP contribution in [0, 0.1) is 5.41 Å². The Labute approximate surface area is 117 Å². The topological polar surface area (TPSA) is 55.4 Å². The Kier molecular flexibility index (Phi) is 7.27. The van der Waals surface area contributed by atoms with E-state index in [2.05, 4.69) is 5.32 Å². The molecule has 0 saturated heterocycles. The van der Waals surface area contributed by atoms with Crippen LogP contribution in [-0.4, -0.2) is 30.4 Å². The van der Waals surface area contributed by atoms with Crippen LogP contribution >= 0.6 is 0 Å². The molecule has 4 nitrogen and oxygen atoms in total. The van der Waals surface area contributed by atoms with Gasteiger partial charge in [0.1, 0.15) is 5.78 Å². The van der Waals surface area contributed by atoms with E-state index in [9.17, 15) is 9.59 Å². The molecule has 0 atom stereocenters. The molecule has 0 saturated carbocycles. The molecule has 19 heavy (non-hydrogen) atoms. The van der Waals surface area contributed by atoms with E-state index < -0.39 is 5.41 Å². The van der Waals surface area contributed by atoms with Gasteiger partial charge < -0.3 is 10.1 Å². The monoisotopic (exact) mass is 271 g/mol. The summed E-state index contributed by atoms with van der Waals surface area (Å²) >= 11 is 0. The summed E-state index contributed by atoms with van der Waals surface area (Å²) in [5.41, 5.74) is -0.784. The van der Waals surface area contributed by atoms with Crippen molar-refractivity contribution in [2.24, 2.45) is 5.41 Å². The average molecular weight is 271 g/mol. The van der Waals surface area contributed by atoms with Gasteiger partial charge in [0.25, 0.3) is 0 Å². The Balaban J connectivity index is 4.20. The van der Waals surface area contributed by atoms with Crippen molar-refractivity contribution in [1.82, 2.24) is 5.32 Å². The Morgan fingerprint density at radius 3 is 2.21 bits per heavy atom. The molecule has 112 valence electrons. The minimum absolute atomic E-state index is 0.0331. The largest absolute Gasteiger partial charge is 0.374 e. The van der Waals surface area contributed by atoms with Gasteiger partial charge in [-0.2, -0.15) is 0 Å². The third-order valence-corrected chi connectivity index (χ3v) is 3.16. The molecule has 0 aromatic rings. The van der Waals surface area contributed by atoms with Gasteiger partial charge in [0.15, 0.2) is 0 Å².